The number of hydrazone groups is 1. The lowest BCUT2D eigenvalue weighted by molar-refractivity contribution is -0.384. The van der Waals surface area contributed by atoms with Crippen molar-refractivity contribution in [2.24, 2.45) is 5.10 Å². The van der Waals surface area contributed by atoms with E-state index >= 15 is 0 Å². The number of hydrogen-bond acceptors (Lipinski definition) is 7. The third kappa shape index (κ3) is 6.79. The van der Waals surface area contributed by atoms with Crippen LogP contribution in [0.3, 0.4) is 0 Å². The molecule has 1 aromatic heterocycles. The topological polar surface area (TPSA) is 121 Å². The molecule has 0 radical (unpaired) electrons. The van der Waals surface area contributed by atoms with Gasteiger partial charge in [-0.3, -0.25) is 14.9 Å². The van der Waals surface area contributed by atoms with Gasteiger partial charge in [-0.2, -0.15) is 10.2 Å². The summed E-state index contributed by atoms with van der Waals surface area (Å²) in [6, 6.07) is 22.8. The molecule has 4 rings (SSSR count). The molecule has 3 aromatic carbocycles. The summed E-state index contributed by atoms with van der Waals surface area (Å²) in [5.41, 5.74) is 5.51. The maximum atomic E-state index is 12.2. The minimum Gasteiger partial charge on any atom is -0.494 e. The average Bonchev–Trinajstić information content (AvgIpc) is 3.36. The van der Waals surface area contributed by atoms with E-state index < -0.39 is 10.8 Å². The molecule has 0 unspecified atom stereocenters. The molecule has 0 aliphatic heterocycles. The molecule has 0 saturated carbocycles. The van der Waals surface area contributed by atoms with Gasteiger partial charge < -0.3 is 9.47 Å². The second kappa shape index (κ2) is 12.1. The Hall–Kier alpha value is -4.99. The Morgan fingerprint density at radius 3 is 2.38 bits per heavy atom. The van der Waals surface area contributed by atoms with Crippen molar-refractivity contribution in [3.63, 3.8) is 0 Å². The van der Waals surface area contributed by atoms with Gasteiger partial charge in [-0.25, -0.2) is 10.1 Å². The third-order valence-corrected chi connectivity index (χ3v) is 5.17. The number of hydrogen-bond donors (Lipinski definition) is 1. The summed E-state index contributed by atoms with van der Waals surface area (Å²) in [4.78, 5) is 22.4. The van der Waals surface area contributed by atoms with Gasteiger partial charge in [-0.1, -0.05) is 25.1 Å². The number of nitrogens with one attached hydrogen (secondary N) is 1. The van der Waals surface area contributed by atoms with Crippen molar-refractivity contribution in [1.29, 1.82) is 0 Å². The number of benzene rings is 3. The van der Waals surface area contributed by atoms with Crippen LogP contribution in [-0.2, 0) is 4.79 Å². The molecule has 1 heterocycles. The average molecular weight is 500 g/mol. The highest BCUT2D eigenvalue weighted by Crippen LogP contribution is 2.25. The lowest BCUT2D eigenvalue weighted by Gasteiger charge is -2.05. The number of nitro groups is 1. The summed E-state index contributed by atoms with van der Waals surface area (Å²) >= 11 is 0. The van der Waals surface area contributed by atoms with E-state index in [0.717, 1.165) is 23.4 Å². The van der Waals surface area contributed by atoms with Crippen LogP contribution in [0.2, 0.25) is 0 Å². The molecule has 4 aromatic rings. The SMILES string of the molecule is CCCOc1ccc(-c2nn(-c3ccccc3)cc2/C=N\NC(=O)COc2ccc([N+](=O)[O-])cc2)cc1. The second-order valence-electron chi connectivity index (χ2n) is 7.92. The smallest absolute Gasteiger partial charge is 0.277 e. The maximum absolute atomic E-state index is 12.2. The number of nitrogens with zero attached hydrogens (tertiary/aromatic N) is 4. The largest absolute Gasteiger partial charge is 0.494 e. The predicted octanol–water partition coefficient (Wildman–Crippen LogP) is 4.77. The molecule has 0 saturated heterocycles. The van der Waals surface area contributed by atoms with Gasteiger partial charge in [0.25, 0.3) is 11.6 Å². The number of carbonyl (C=O) groups is 1. The van der Waals surface area contributed by atoms with Gasteiger partial charge in [0.1, 0.15) is 17.2 Å². The first-order chi connectivity index (χ1) is 18.0. The fourth-order valence-electron chi connectivity index (χ4n) is 3.37. The quantitative estimate of drug-likeness (QED) is 0.180. The highest BCUT2D eigenvalue weighted by Gasteiger charge is 2.12. The van der Waals surface area contributed by atoms with Gasteiger partial charge in [-0.05, 0) is 55.0 Å². The lowest BCUT2D eigenvalue weighted by atomic mass is 10.1. The van der Waals surface area contributed by atoms with Crippen molar-refractivity contribution in [3.8, 4) is 28.4 Å². The van der Waals surface area contributed by atoms with E-state index in [0.29, 0.717) is 23.6 Å². The van der Waals surface area contributed by atoms with Gasteiger partial charge in [-0.15, -0.1) is 0 Å². The zero-order chi connectivity index (χ0) is 26.0. The molecule has 1 N–H and O–H groups in total. The Labute approximate surface area is 213 Å². The van der Waals surface area contributed by atoms with Crippen LogP contribution < -0.4 is 14.9 Å². The molecule has 0 bridgehead atoms. The molecule has 0 aliphatic rings. The van der Waals surface area contributed by atoms with Gasteiger partial charge in [0.2, 0.25) is 0 Å². The molecule has 10 heteroatoms. The van der Waals surface area contributed by atoms with Crippen molar-refractivity contribution in [2.45, 2.75) is 13.3 Å². The Morgan fingerprint density at radius 2 is 1.70 bits per heavy atom. The highest BCUT2D eigenvalue weighted by molar-refractivity contribution is 5.89. The molecule has 0 spiro atoms. The molecular weight excluding hydrogens is 474 g/mol. The Kier molecular flexibility index (Phi) is 8.22. The number of ether oxygens (including phenoxy) is 2. The van der Waals surface area contributed by atoms with E-state index in [-0.39, 0.29) is 12.3 Å². The predicted molar refractivity (Wildman–Crippen MR) is 139 cm³/mol. The fraction of sp³-hybridized carbons (Fsp3) is 0.148. The van der Waals surface area contributed by atoms with Gasteiger partial charge in [0, 0.05) is 29.5 Å². The van der Waals surface area contributed by atoms with E-state index in [1.54, 1.807) is 4.68 Å². The van der Waals surface area contributed by atoms with Crippen LogP contribution >= 0.6 is 0 Å². The van der Waals surface area contributed by atoms with E-state index in [9.17, 15) is 14.9 Å². The Morgan fingerprint density at radius 1 is 1.03 bits per heavy atom. The van der Waals surface area contributed by atoms with E-state index in [2.05, 4.69) is 17.5 Å². The Balaban J connectivity index is 1.46. The van der Waals surface area contributed by atoms with Crippen LogP contribution in [0.4, 0.5) is 5.69 Å². The number of nitro benzene ring substituents is 1. The van der Waals surface area contributed by atoms with Gasteiger partial charge >= 0.3 is 0 Å². The van der Waals surface area contributed by atoms with Crippen LogP contribution in [0, 0.1) is 10.1 Å². The lowest BCUT2D eigenvalue weighted by Crippen LogP contribution is -2.24. The van der Waals surface area contributed by atoms with E-state index in [1.165, 1.54) is 30.5 Å². The molecule has 0 fully saturated rings. The molecule has 37 heavy (non-hydrogen) atoms. The minimum atomic E-state index is -0.506. The summed E-state index contributed by atoms with van der Waals surface area (Å²) in [6.45, 7) is 2.40. The molecule has 10 nitrogen and oxygen atoms in total. The zero-order valence-electron chi connectivity index (χ0n) is 20.1. The Bertz CT molecular complexity index is 1370. The van der Waals surface area contributed by atoms with E-state index in [1.807, 2.05) is 60.8 Å². The second-order valence-corrected chi connectivity index (χ2v) is 7.92. The van der Waals surface area contributed by atoms with Crippen LogP contribution in [0.25, 0.3) is 16.9 Å². The number of non-ortho nitro benzene ring substituents is 1. The van der Waals surface area contributed by atoms with Crippen molar-refractivity contribution < 1.29 is 19.2 Å². The molecule has 1 amide bonds. The number of amides is 1. The first-order valence-electron chi connectivity index (χ1n) is 11.6. The van der Waals surface area contributed by atoms with Gasteiger partial charge in [0.05, 0.1) is 23.4 Å². The monoisotopic (exact) mass is 499 g/mol. The van der Waals surface area contributed by atoms with Crippen LogP contribution in [0.5, 0.6) is 11.5 Å². The van der Waals surface area contributed by atoms with Crippen LogP contribution in [0.15, 0.2) is 90.2 Å². The molecule has 188 valence electrons. The zero-order valence-corrected chi connectivity index (χ0v) is 20.1. The third-order valence-electron chi connectivity index (χ3n) is 5.17. The summed E-state index contributed by atoms with van der Waals surface area (Å²) in [7, 11) is 0. The number of para-hydroxylation sites is 1. The van der Waals surface area contributed by atoms with Crippen molar-refractivity contribution in [1.82, 2.24) is 15.2 Å². The van der Waals surface area contributed by atoms with Gasteiger partial charge in [0.15, 0.2) is 6.61 Å². The van der Waals surface area contributed by atoms with E-state index in [4.69, 9.17) is 14.6 Å². The van der Waals surface area contributed by atoms with Crippen molar-refractivity contribution >= 4 is 17.8 Å². The molecule has 0 aliphatic carbocycles. The highest BCUT2D eigenvalue weighted by atomic mass is 16.6. The van der Waals surface area contributed by atoms with Crippen LogP contribution in [-0.4, -0.2) is 40.0 Å². The number of rotatable bonds is 11. The number of aromatic nitrogens is 2. The number of carbonyl (C=O) groups excluding carboxylic acids is 1. The summed E-state index contributed by atoms with van der Waals surface area (Å²) in [6.07, 6.45) is 4.27. The first-order valence-corrected chi connectivity index (χ1v) is 11.6. The standard InChI is InChI=1S/C27H25N5O5/c1-2-16-36-24-12-8-20(9-13-24)27-21(18-31(30-27)22-6-4-3-5-7-22)17-28-29-26(33)19-37-25-14-10-23(11-15-25)32(34)35/h3-15,17-18H,2,16,19H2,1H3,(H,29,33)/b28-17-. The molecule has 0 atom stereocenters. The summed E-state index contributed by atoms with van der Waals surface area (Å²) in [5, 5.41) is 19.5. The maximum Gasteiger partial charge on any atom is 0.277 e. The minimum absolute atomic E-state index is 0.0589. The normalized spacial score (nSPS) is 10.8. The fourth-order valence-corrected chi connectivity index (χ4v) is 3.37. The van der Waals surface area contributed by atoms with Crippen molar-refractivity contribution in [2.75, 3.05) is 13.2 Å². The first kappa shape index (κ1) is 25.1. The molecular formula is C27H25N5O5. The summed E-state index contributed by atoms with van der Waals surface area (Å²) in [5.74, 6) is 0.634. The van der Waals surface area contributed by atoms with Crippen LogP contribution in [0.1, 0.15) is 18.9 Å². The summed E-state index contributed by atoms with van der Waals surface area (Å²) < 4.78 is 12.8. The van der Waals surface area contributed by atoms with Crippen molar-refractivity contribution in [3.05, 3.63) is 101 Å².